The molecule has 0 radical (unpaired) electrons. The second kappa shape index (κ2) is 6.39. The van der Waals surface area contributed by atoms with Crippen LogP contribution in [-0.4, -0.2) is 25.5 Å². The molecule has 0 aromatic heterocycles. The quantitative estimate of drug-likeness (QED) is 0.868. The summed E-state index contributed by atoms with van der Waals surface area (Å²) in [6.45, 7) is 5.50. The molecule has 4 nitrogen and oxygen atoms in total. The van der Waals surface area contributed by atoms with E-state index in [1.54, 1.807) is 0 Å². The number of halogens is 1. The lowest BCUT2D eigenvalue weighted by Gasteiger charge is -2.22. The van der Waals surface area contributed by atoms with E-state index < -0.39 is 0 Å². The summed E-state index contributed by atoms with van der Waals surface area (Å²) < 4.78 is 1.06. The lowest BCUT2D eigenvalue weighted by atomic mass is 10.1. The van der Waals surface area contributed by atoms with Gasteiger partial charge < -0.3 is 16.0 Å². The van der Waals surface area contributed by atoms with Crippen LogP contribution in [0.2, 0.25) is 0 Å². The number of hydrogen-bond donors (Lipinski definition) is 2. The second-order valence-corrected chi connectivity index (χ2v) is 5.80. The number of anilines is 1. The maximum Gasteiger partial charge on any atom is 0.222 e. The molecule has 0 aliphatic carbocycles. The predicted octanol–water partition coefficient (Wildman–Crippen LogP) is 1.87. The molecule has 2 rings (SSSR count). The van der Waals surface area contributed by atoms with Crippen LogP contribution < -0.4 is 16.0 Å². The molecule has 0 saturated carbocycles. The zero-order valence-corrected chi connectivity index (χ0v) is 12.7. The first-order chi connectivity index (χ1) is 9.11. The molecule has 0 spiro atoms. The fourth-order valence-electron chi connectivity index (χ4n) is 2.45. The summed E-state index contributed by atoms with van der Waals surface area (Å²) in [4.78, 5) is 13.5. The molecule has 1 amide bonds. The van der Waals surface area contributed by atoms with Crippen LogP contribution in [0.25, 0.3) is 0 Å². The minimum atomic E-state index is -0.189. The van der Waals surface area contributed by atoms with E-state index >= 15 is 0 Å². The van der Waals surface area contributed by atoms with Crippen LogP contribution in [0.15, 0.2) is 22.7 Å². The Kier molecular flexibility index (Phi) is 4.82. The van der Waals surface area contributed by atoms with Gasteiger partial charge in [0, 0.05) is 29.8 Å². The third kappa shape index (κ3) is 3.48. The molecular weight excluding hydrogens is 306 g/mol. The van der Waals surface area contributed by atoms with Gasteiger partial charge in [-0.15, -0.1) is 0 Å². The van der Waals surface area contributed by atoms with Crippen molar-refractivity contribution in [1.29, 1.82) is 0 Å². The second-order valence-electron chi connectivity index (χ2n) is 4.89. The number of hydrogen-bond acceptors (Lipinski definition) is 3. The van der Waals surface area contributed by atoms with Crippen molar-refractivity contribution in [1.82, 2.24) is 5.32 Å². The smallest absolute Gasteiger partial charge is 0.222 e. The molecule has 1 heterocycles. The first-order valence-electron chi connectivity index (χ1n) is 6.65. The van der Waals surface area contributed by atoms with Crippen LogP contribution in [0.5, 0.6) is 0 Å². The van der Waals surface area contributed by atoms with Crippen molar-refractivity contribution in [2.45, 2.75) is 19.9 Å². The van der Waals surface area contributed by atoms with Crippen molar-refractivity contribution >= 4 is 27.5 Å². The number of nitrogens with zero attached hydrogens (tertiary/aromatic N) is 1. The number of carbonyl (C=O) groups excluding carboxylic acids is 1. The molecule has 1 aromatic carbocycles. The van der Waals surface area contributed by atoms with E-state index in [1.165, 1.54) is 11.3 Å². The van der Waals surface area contributed by atoms with Gasteiger partial charge in [-0.2, -0.15) is 0 Å². The summed E-state index contributed by atoms with van der Waals surface area (Å²) in [5, 5.41) is 3.35. The first-order valence-corrected chi connectivity index (χ1v) is 7.44. The van der Waals surface area contributed by atoms with Crippen molar-refractivity contribution < 1.29 is 4.79 Å². The highest BCUT2D eigenvalue weighted by Gasteiger charge is 2.27. The number of benzene rings is 1. The van der Waals surface area contributed by atoms with Crippen molar-refractivity contribution in [2.24, 2.45) is 11.7 Å². The van der Waals surface area contributed by atoms with E-state index in [2.05, 4.69) is 51.3 Å². The van der Waals surface area contributed by atoms with E-state index in [9.17, 15) is 4.79 Å². The largest absolute Gasteiger partial charge is 0.370 e. The van der Waals surface area contributed by atoms with E-state index in [-0.39, 0.29) is 11.8 Å². The Morgan fingerprint density at radius 1 is 1.58 bits per heavy atom. The van der Waals surface area contributed by atoms with Crippen molar-refractivity contribution in [2.75, 3.05) is 24.5 Å². The van der Waals surface area contributed by atoms with Gasteiger partial charge in [-0.25, -0.2) is 0 Å². The average molecular weight is 326 g/mol. The van der Waals surface area contributed by atoms with Gasteiger partial charge >= 0.3 is 0 Å². The fourth-order valence-corrected chi connectivity index (χ4v) is 2.80. The first kappa shape index (κ1) is 14.3. The van der Waals surface area contributed by atoms with Crippen LogP contribution in [0.4, 0.5) is 5.69 Å². The number of nitrogens with two attached hydrogens (primary N) is 1. The Morgan fingerprint density at radius 2 is 2.37 bits per heavy atom. The molecule has 1 fully saturated rings. The third-order valence-electron chi connectivity index (χ3n) is 3.54. The summed E-state index contributed by atoms with van der Waals surface area (Å²) in [5.74, 6) is -0.211. The Hall–Kier alpha value is -1.07. The van der Waals surface area contributed by atoms with Gasteiger partial charge in [0.05, 0.1) is 5.92 Å². The SMILES string of the molecule is CCNCc1ccc(Br)cc1N1CCC(C(N)=O)C1. The van der Waals surface area contributed by atoms with Crippen LogP contribution in [0, 0.1) is 5.92 Å². The minimum absolute atomic E-state index is 0.0223. The van der Waals surface area contributed by atoms with E-state index in [0.29, 0.717) is 0 Å². The van der Waals surface area contributed by atoms with E-state index in [1.807, 2.05) is 0 Å². The minimum Gasteiger partial charge on any atom is -0.370 e. The van der Waals surface area contributed by atoms with Gasteiger partial charge in [0.15, 0.2) is 0 Å². The maximum absolute atomic E-state index is 11.3. The Balaban J connectivity index is 2.18. The Bertz CT molecular complexity index is 464. The molecule has 1 unspecified atom stereocenters. The van der Waals surface area contributed by atoms with Gasteiger partial charge in [0.2, 0.25) is 5.91 Å². The normalized spacial score (nSPS) is 18.8. The summed E-state index contributed by atoms with van der Waals surface area (Å²) >= 11 is 3.52. The van der Waals surface area contributed by atoms with Gasteiger partial charge in [0.1, 0.15) is 0 Å². The molecule has 1 aliphatic rings. The highest BCUT2D eigenvalue weighted by Crippen LogP contribution is 2.29. The van der Waals surface area contributed by atoms with Crippen molar-refractivity contribution in [3.63, 3.8) is 0 Å². The third-order valence-corrected chi connectivity index (χ3v) is 4.04. The fraction of sp³-hybridized carbons (Fsp3) is 0.500. The van der Waals surface area contributed by atoms with E-state index in [0.717, 1.165) is 37.1 Å². The van der Waals surface area contributed by atoms with Crippen LogP contribution in [-0.2, 0) is 11.3 Å². The number of primary amides is 1. The average Bonchev–Trinajstić information content (AvgIpc) is 2.87. The number of amides is 1. The summed E-state index contributed by atoms with van der Waals surface area (Å²) in [6, 6.07) is 6.30. The molecule has 0 bridgehead atoms. The number of carbonyl (C=O) groups is 1. The highest BCUT2D eigenvalue weighted by atomic mass is 79.9. The monoisotopic (exact) mass is 325 g/mol. The molecule has 1 aromatic rings. The summed E-state index contributed by atoms with van der Waals surface area (Å²) in [7, 11) is 0. The topological polar surface area (TPSA) is 58.4 Å². The van der Waals surface area contributed by atoms with E-state index in [4.69, 9.17) is 5.73 Å². The zero-order valence-electron chi connectivity index (χ0n) is 11.2. The molecule has 19 heavy (non-hydrogen) atoms. The number of nitrogens with one attached hydrogen (secondary N) is 1. The van der Waals surface area contributed by atoms with Crippen LogP contribution in [0.1, 0.15) is 18.9 Å². The Labute approximate surface area is 122 Å². The zero-order chi connectivity index (χ0) is 13.8. The highest BCUT2D eigenvalue weighted by molar-refractivity contribution is 9.10. The van der Waals surface area contributed by atoms with Crippen LogP contribution >= 0.6 is 15.9 Å². The Morgan fingerprint density at radius 3 is 3.00 bits per heavy atom. The molecule has 1 saturated heterocycles. The lowest BCUT2D eigenvalue weighted by Crippen LogP contribution is -2.28. The molecule has 1 atom stereocenters. The van der Waals surface area contributed by atoms with Gasteiger partial charge in [-0.05, 0) is 30.7 Å². The van der Waals surface area contributed by atoms with Gasteiger partial charge in [-0.3, -0.25) is 4.79 Å². The van der Waals surface area contributed by atoms with Gasteiger partial charge in [0.25, 0.3) is 0 Å². The van der Waals surface area contributed by atoms with Crippen molar-refractivity contribution in [3.05, 3.63) is 28.2 Å². The standard InChI is InChI=1S/C14H20BrN3O/c1-2-17-8-10-3-4-12(15)7-13(10)18-6-5-11(9-18)14(16)19/h3-4,7,11,17H,2,5-6,8-9H2,1H3,(H2,16,19). The van der Waals surface area contributed by atoms with Crippen LogP contribution in [0.3, 0.4) is 0 Å². The van der Waals surface area contributed by atoms with Crippen molar-refractivity contribution in [3.8, 4) is 0 Å². The molecule has 3 N–H and O–H groups in total. The molecule has 1 aliphatic heterocycles. The summed E-state index contributed by atoms with van der Waals surface area (Å²) in [6.07, 6.45) is 0.850. The molecular formula is C14H20BrN3O. The number of rotatable bonds is 5. The lowest BCUT2D eigenvalue weighted by molar-refractivity contribution is -0.121. The molecule has 104 valence electrons. The maximum atomic E-state index is 11.3. The predicted molar refractivity (Wildman–Crippen MR) is 81.0 cm³/mol. The molecule has 5 heteroatoms. The van der Waals surface area contributed by atoms with Gasteiger partial charge in [-0.1, -0.05) is 28.9 Å². The summed E-state index contributed by atoms with van der Waals surface area (Å²) in [5.41, 5.74) is 7.85.